The van der Waals surface area contributed by atoms with Crippen molar-refractivity contribution >= 4 is 37.6 Å². The second kappa shape index (κ2) is 8.22. The average Bonchev–Trinajstić information content (AvgIpc) is 3.10. The molecule has 0 bridgehead atoms. The zero-order chi connectivity index (χ0) is 21.8. The van der Waals surface area contributed by atoms with Gasteiger partial charge in [0.2, 0.25) is 0 Å². The summed E-state index contributed by atoms with van der Waals surface area (Å²) in [6.07, 6.45) is 4.53. The van der Waals surface area contributed by atoms with Crippen LogP contribution < -0.4 is 4.90 Å². The smallest absolute Gasteiger partial charge is 0.282 e. The van der Waals surface area contributed by atoms with Gasteiger partial charge in [0.25, 0.3) is 10.2 Å². The molecule has 0 saturated carbocycles. The lowest BCUT2D eigenvalue weighted by Crippen LogP contribution is -2.57. The van der Waals surface area contributed by atoms with Crippen LogP contribution in [0.25, 0.3) is 10.2 Å². The molecule has 4 heterocycles. The topological polar surface area (TPSA) is 78.9 Å². The summed E-state index contributed by atoms with van der Waals surface area (Å²) in [6, 6.07) is 0. The van der Waals surface area contributed by atoms with Crippen LogP contribution in [0.2, 0.25) is 0 Å². The third-order valence-electron chi connectivity index (χ3n) is 6.48. The molecule has 10 heteroatoms. The number of hydrogen-bond acceptors (Lipinski definition) is 7. The number of nitrogens with zero attached hydrogens (tertiary/aromatic N) is 5. The Morgan fingerprint density at radius 3 is 2.35 bits per heavy atom. The van der Waals surface area contributed by atoms with E-state index in [1.165, 1.54) is 28.7 Å². The molecular formula is C21H31N5O3S2. The predicted octanol–water partition coefficient (Wildman–Crippen LogP) is 2.35. The molecule has 170 valence electrons. The highest BCUT2D eigenvalue weighted by Gasteiger charge is 2.37. The molecule has 2 saturated heterocycles. The Morgan fingerprint density at radius 1 is 0.968 bits per heavy atom. The molecule has 0 radical (unpaired) electrons. The Kier molecular flexibility index (Phi) is 5.71. The van der Waals surface area contributed by atoms with E-state index in [9.17, 15) is 8.42 Å². The number of piperazine rings is 1. The molecule has 2 aromatic rings. The predicted molar refractivity (Wildman–Crippen MR) is 123 cm³/mol. The Morgan fingerprint density at radius 2 is 1.65 bits per heavy atom. The maximum Gasteiger partial charge on any atom is 0.282 e. The number of fused-ring (bicyclic) bond motifs is 3. The normalized spacial score (nSPS) is 26.4. The Hall–Kier alpha value is -1.33. The van der Waals surface area contributed by atoms with Crippen molar-refractivity contribution in [3.8, 4) is 0 Å². The van der Waals surface area contributed by atoms with Crippen LogP contribution in [0.4, 0.5) is 5.82 Å². The monoisotopic (exact) mass is 465 g/mol. The van der Waals surface area contributed by atoms with Crippen LogP contribution in [0.3, 0.4) is 0 Å². The van der Waals surface area contributed by atoms with Gasteiger partial charge < -0.3 is 9.64 Å². The van der Waals surface area contributed by atoms with Gasteiger partial charge in [0, 0.05) is 44.1 Å². The number of hydrogen-bond donors (Lipinski definition) is 0. The Balaban J connectivity index is 1.37. The number of morpholine rings is 1. The Labute approximate surface area is 188 Å². The van der Waals surface area contributed by atoms with Gasteiger partial charge in [0.05, 0.1) is 17.6 Å². The van der Waals surface area contributed by atoms with Crippen LogP contribution in [-0.4, -0.2) is 78.5 Å². The molecule has 8 nitrogen and oxygen atoms in total. The number of rotatable bonds is 3. The minimum Gasteiger partial charge on any atom is -0.373 e. The third-order valence-corrected chi connectivity index (χ3v) is 9.64. The van der Waals surface area contributed by atoms with E-state index in [-0.39, 0.29) is 12.2 Å². The summed E-state index contributed by atoms with van der Waals surface area (Å²) in [5.74, 6) is 1.78. The van der Waals surface area contributed by atoms with E-state index < -0.39 is 10.2 Å². The summed E-state index contributed by atoms with van der Waals surface area (Å²) >= 11 is 1.81. The number of aromatic nitrogens is 2. The van der Waals surface area contributed by atoms with E-state index in [0.717, 1.165) is 29.3 Å². The summed E-state index contributed by atoms with van der Waals surface area (Å²) < 4.78 is 35.4. The summed E-state index contributed by atoms with van der Waals surface area (Å²) in [4.78, 5) is 14.4. The molecule has 0 N–H and O–H groups in total. The number of thiophene rings is 1. The average molecular weight is 466 g/mol. The first-order chi connectivity index (χ1) is 14.8. The quantitative estimate of drug-likeness (QED) is 0.692. The van der Waals surface area contributed by atoms with Crippen molar-refractivity contribution in [3.63, 3.8) is 0 Å². The summed E-state index contributed by atoms with van der Waals surface area (Å²) in [5.41, 5.74) is 1.42. The summed E-state index contributed by atoms with van der Waals surface area (Å²) in [6.45, 7) is 8.87. The second-order valence-corrected chi connectivity index (χ2v) is 12.0. The van der Waals surface area contributed by atoms with Crippen LogP contribution in [0.15, 0.2) is 0 Å². The third kappa shape index (κ3) is 3.97. The van der Waals surface area contributed by atoms with Crippen LogP contribution in [0, 0.1) is 6.92 Å². The zero-order valence-electron chi connectivity index (χ0n) is 18.5. The highest BCUT2D eigenvalue weighted by molar-refractivity contribution is 7.86. The molecule has 0 unspecified atom stereocenters. The molecule has 1 aliphatic carbocycles. The van der Waals surface area contributed by atoms with Crippen molar-refractivity contribution in [3.05, 3.63) is 16.3 Å². The second-order valence-electron chi connectivity index (χ2n) is 8.95. The molecule has 0 spiro atoms. The zero-order valence-corrected chi connectivity index (χ0v) is 20.1. The van der Waals surface area contributed by atoms with Crippen LogP contribution in [0.1, 0.15) is 43.0 Å². The van der Waals surface area contributed by atoms with E-state index in [1.54, 1.807) is 8.61 Å². The van der Waals surface area contributed by atoms with Crippen LogP contribution in [-0.2, 0) is 27.8 Å². The van der Waals surface area contributed by atoms with Crippen molar-refractivity contribution < 1.29 is 13.2 Å². The summed E-state index contributed by atoms with van der Waals surface area (Å²) in [5, 5.41) is 1.21. The maximum atomic E-state index is 13.2. The van der Waals surface area contributed by atoms with Gasteiger partial charge in [0.1, 0.15) is 16.5 Å². The van der Waals surface area contributed by atoms with Crippen molar-refractivity contribution in [2.24, 2.45) is 0 Å². The first-order valence-corrected chi connectivity index (χ1v) is 13.5. The molecule has 0 amide bonds. The van der Waals surface area contributed by atoms with Gasteiger partial charge in [-0.2, -0.15) is 17.0 Å². The SMILES string of the molecule is Cc1nc(N2CCN(S(=O)(=O)N3C[C@@H](C)O[C@H](C)C3)CC2)c2c3c(sc2n1)CCCC3. The van der Waals surface area contributed by atoms with E-state index in [4.69, 9.17) is 14.7 Å². The number of anilines is 1. The van der Waals surface area contributed by atoms with Gasteiger partial charge in [-0.05, 0) is 52.0 Å². The van der Waals surface area contributed by atoms with Gasteiger partial charge in [-0.25, -0.2) is 9.97 Å². The highest BCUT2D eigenvalue weighted by atomic mass is 32.2. The molecule has 3 aliphatic rings. The molecule has 2 aromatic heterocycles. The fourth-order valence-corrected chi connectivity index (χ4v) is 8.13. The Bertz CT molecular complexity index is 1070. The van der Waals surface area contributed by atoms with Gasteiger partial charge >= 0.3 is 0 Å². The molecule has 2 atom stereocenters. The lowest BCUT2D eigenvalue weighted by atomic mass is 9.97. The van der Waals surface area contributed by atoms with Crippen molar-refractivity contribution in [1.29, 1.82) is 0 Å². The standard InChI is InChI=1S/C21H31N5O3S2/c1-14-12-26(13-15(2)29-14)31(27,28)25-10-8-24(9-11-25)20-19-17-6-4-5-7-18(17)30-21(19)23-16(3)22-20/h14-15H,4-13H2,1-3H3/t14-,15-/m1/s1. The van der Waals surface area contributed by atoms with Gasteiger partial charge in [-0.3, -0.25) is 0 Å². The lowest BCUT2D eigenvalue weighted by molar-refractivity contribution is -0.0455. The van der Waals surface area contributed by atoms with E-state index in [2.05, 4.69) is 4.90 Å². The van der Waals surface area contributed by atoms with Crippen molar-refractivity contribution in [2.75, 3.05) is 44.2 Å². The minimum absolute atomic E-state index is 0.0816. The van der Waals surface area contributed by atoms with E-state index >= 15 is 0 Å². The van der Waals surface area contributed by atoms with Gasteiger partial charge in [0.15, 0.2) is 0 Å². The van der Waals surface area contributed by atoms with Crippen molar-refractivity contribution in [1.82, 2.24) is 18.6 Å². The van der Waals surface area contributed by atoms with E-state index in [0.29, 0.717) is 39.3 Å². The van der Waals surface area contributed by atoms with Gasteiger partial charge in [-0.1, -0.05) is 0 Å². The fraction of sp³-hybridized carbons (Fsp3) is 0.714. The summed E-state index contributed by atoms with van der Waals surface area (Å²) in [7, 11) is -3.48. The van der Waals surface area contributed by atoms with E-state index in [1.807, 2.05) is 32.1 Å². The lowest BCUT2D eigenvalue weighted by Gasteiger charge is -2.40. The number of ether oxygens (including phenoxy) is 1. The molecular weight excluding hydrogens is 434 g/mol. The minimum atomic E-state index is -3.48. The fourth-order valence-electron chi connectivity index (χ4n) is 5.08. The van der Waals surface area contributed by atoms with Crippen molar-refractivity contribution in [2.45, 2.75) is 58.7 Å². The molecule has 0 aromatic carbocycles. The maximum absolute atomic E-state index is 13.2. The van der Waals surface area contributed by atoms with Gasteiger partial charge in [-0.15, -0.1) is 11.3 Å². The molecule has 2 aliphatic heterocycles. The first kappa shape index (κ1) is 21.5. The highest BCUT2D eigenvalue weighted by Crippen LogP contribution is 2.40. The van der Waals surface area contributed by atoms with Crippen LogP contribution >= 0.6 is 11.3 Å². The van der Waals surface area contributed by atoms with Crippen LogP contribution in [0.5, 0.6) is 0 Å². The number of aryl methyl sites for hydroxylation is 3. The molecule has 31 heavy (non-hydrogen) atoms. The largest absolute Gasteiger partial charge is 0.373 e. The molecule has 2 fully saturated rings. The first-order valence-electron chi connectivity index (χ1n) is 11.3. The molecule has 5 rings (SSSR count).